The monoisotopic (exact) mass is 358 g/mol. The van der Waals surface area contributed by atoms with Crippen LogP contribution in [0.3, 0.4) is 0 Å². The molecule has 3 rings (SSSR count). The van der Waals surface area contributed by atoms with Crippen LogP contribution in [0.25, 0.3) is 0 Å². The van der Waals surface area contributed by atoms with Gasteiger partial charge in [0.15, 0.2) is 0 Å². The third-order valence-corrected chi connectivity index (χ3v) is 3.18. The predicted molar refractivity (Wildman–Crippen MR) is 92.4 cm³/mol. The third-order valence-electron chi connectivity index (χ3n) is 3.18. The first-order valence-corrected chi connectivity index (χ1v) is 7.54. The summed E-state index contributed by atoms with van der Waals surface area (Å²) in [5, 5.41) is 8.59. The highest BCUT2D eigenvalue weighted by molar-refractivity contribution is 5.91. The van der Waals surface area contributed by atoms with Crippen molar-refractivity contribution in [2.24, 2.45) is 0 Å². The lowest BCUT2D eigenvalue weighted by atomic mass is 10.2. The van der Waals surface area contributed by atoms with E-state index in [0.717, 1.165) is 0 Å². The van der Waals surface area contributed by atoms with Crippen molar-refractivity contribution in [1.82, 2.24) is 0 Å². The summed E-state index contributed by atoms with van der Waals surface area (Å²) in [5.41, 5.74) is 0.403. The minimum absolute atomic E-state index is 0.0893. The van der Waals surface area contributed by atoms with E-state index in [-0.39, 0.29) is 17.4 Å². The van der Waals surface area contributed by atoms with Gasteiger partial charge in [-0.25, -0.2) is 13.6 Å². The van der Waals surface area contributed by atoms with Gasteiger partial charge in [-0.05, 0) is 72.8 Å². The summed E-state index contributed by atoms with van der Waals surface area (Å²) in [7, 11) is 1.55. The van der Waals surface area contributed by atoms with Gasteiger partial charge < -0.3 is 14.6 Å². The summed E-state index contributed by atoms with van der Waals surface area (Å²) in [4.78, 5) is 11.7. The van der Waals surface area contributed by atoms with Gasteiger partial charge in [-0.1, -0.05) is 0 Å². The first-order chi connectivity index (χ1) is 12.5. The maximum Gasteiger partial charge on any atom is 0.343 e. The Labute approximate surface area is 149 Å². The molecule has 0 spiro atoms. The molecule has 134 valence electrons. The summed E-state index contributed by atoms with van der Waals surface area (Å²) >= 11 is 0. The van der Waals surface area contributed by atoms with Crippen molar-refractivity contribution < 1.29 is 28.2 Å². The van der Waals surface area contributed by atoms with Crippen molar-refractivity contribution >= 4 is 5.97 Å². The van der Waals surface area contributed by atoms with E-state index in [9.17, 15) is 13.6 Å². The smallest absolute Gasteiger partial charge is 0.343 e. The number of phenols is 1. The Kier molecular flexibility index (Phi) is 6.68. The number of methoxy groups -OCH3 is 1. The van der Waals surface area contributed by atoms with Gasteiger partial charge >= 0.3 is 5.97 Å². The SMILES string of the molecule is COc1ccc(C(=O)Oc2ccc(F)cc2)cc1.Oc1ccc(F)cc1. The van der Waals surface area contributed by atoms with Crippen LogP contribution in [0, 0.1) is 11.6 Å². The molecule has 0 heterocycles. The van der Waals surface area contributed by atoms with Crippen molar-refractivity contribution in [2.75, 3.05) is 7.11 Å². The number of carbonyl (C=O) groups excluding carboxylic acids is 1. The molecule has 0 bridgehead atoms. The van der Waals surface area contributed by atoms with Crippen molar-refractivity contribution in [3.05, 3.63) is 90.0 Å². The topological polar surface area (TPSA) is 55.8 Å². The molecular formula is C20H16F2O4. The minimum Gasteiger partial charge on any atom is -0.508 e. The Morgan fingerprint density at radius 3 is 1.69 bits per heavy atom. The number of halogens is 2. The van der Waals surface area contributed by atoms with Crippen LogP contribution in [0.15, 0.2) is 72.8 Å². The van der Waals surface area contributed by atoms with Gasteiger partial charge in [0.1, 0.15) is 28.9 Å². The molecule has 1 N–H and O–H groups in total. The molecule has 0 saturated carbocycles. The fourth-order valence-electron chi connectivity index (χ4n) is 1.84. The van der Waals surface area contributed by atoms with Crippen LogP contribution >= 0.6 is 0 Å². The molecule has 0 aliphatic heterocycles. The van der Waals surface area contributed by atoms with Crippen LogP contribution in [0.2, 0.25) is 0 Å². The standard InChI is InChI=1S/C14H11FO3.C6H5FO/c1-17-12-6-2-10(3-7-12)14(16)18-13-8-4-11(15)5-9-13;7-5-1-3-6(8)4-2-5/h2-9H,1H3;1-4,8H. The minimum atomic E-state index is -0.496. The lowest BCUT2D eigenvalue weighted by Gasteiger charge is -2.05. The van der Waals surface area contributed by atoms with E-state index < -0.39 is 5.97 Å². The lowest BCUT2D eigenvalue weighted by Crippen LogP contribution is -2.08. The number of aromatic hydroxyl groups is 1. The lowest BCUT2D eigenvalue weighted by molar-refractivity contribution is 0.0734. The summed E-state index contributed by atoms with van der Waals surface area (Å²) < 4.78 is 34.7. The number of esters is 1. The molecule has 0 aromatic heterocycles. The summed E-state index contributed by atoms with van der Waals surface area (Å²) in [6.45, 7) is 0. The third kappa shape index (κ3) is 5.90. The summed E-state index contributed by atoms with van der Waals surface area (Å²) in [6, 6.07) is 16.8. The summed E-state index contributed by atoms with van der Waals surface area (Å²) in [6.07, 6.45) is 0. The second-order valence-corrected chi connectivity index (χ2v) is 5.05. The highest BCUT2D eigenvalue weighted by Crippen LogP contribution is 2.16. The number of hydrogen-bond donors (Lipinski definition) is 1. The number of hydrogen-bond acceptors (Lipinski definition) is 4. The molecule has 0 amide bonds. The van der Waals surface area contributed by atoms with Gasteiger partial charge in [0.2, 0.25) is 0 Å². The molecule has 0 unspecified atom stereocenters. The first kappa shape index (κ1) is 18.9. The second-order valence-electron chi connectivity index (χ2n) is 5.05. The number of phenolic OH excluding ortho intramolecular Hbond substituents is 1. The number of rotatable bonds is 3. The highest BCUT2D eigenvalue weighted by Gasteiger charge is 2.08. The first-order valence-electron chi connectivity index (χ1n) is 7.54. The second kappa shape index (κ2) is 9.17. The van der Waals surface area contributed by atoms with Crippen molar-refractivity contribution in [1.29, 1.82) is 0 Å². The summed E-state index contributed by atoms with van der Waals surface area (Å²) in [5.74, 6) is -0.150. The molecule has 0 aliphatic carbocycles. The molecule has 26 heavy (non-hydrogen) atoms. The fourth-order valence-corrected chi connectivity index (χ4v) is 1.84. The van der Waals surface area contributed by atoms with Gasteiger partial charge in [-0.15, -0.1) is 0 Å². The molecule has 0 fully saturated rings. The van der Waals surface area contributed by atoms with E-state index >= 15 is 0 Å². The van der Waals surface area contributed by atoms with Gasteiger partial charge in [-0.2, -0.15) is 0 Å². The molecule has 0 atom stereocenters. The largest absolute Gasteiger partial charge is 0.508 e. The van der Waals surface area contributed by atoms with Gasteiger partial charge in [0, 0.05) is 0 Å². The van der Waals surface area contributed by atoms with E-state index in [1.807, 2.05) is 0 Å². The van der Waals surface area contributed by atoms with Crippen LogP contribution < -0.4 is 9.47 Å². The maximum absolute atomic E-state index is 12.7. The number of ether oxygens (including phenoxy) is 2. The molecular weight excluding hydrogens is 342 g/mol. The van der Waals surface area contributed by atoms with E-state index in [4.69, 9.17) is 14.6 Å². The van der Waals surface area contributed by atoms with E-state index in [0.29, 0.717) is 17.1 Å². The van der Waals surface area contributed by atoms with Crippen LogP contribution in [0.1, 0.15) is 10.4 Å². The predicted octanol–water partition coefficient (Wildman–Crippen LogP) is 4.58. The molecule has 4 nitrogen and oxygen atoms in total. The zero-order valence-corrected chi connectivity index (χ0v) is 13.9. The normalized spacial score (nSPS) is 9.65. The van der Waals surface area contributed by atoms with Crippen molar-refractivity contribution in [3.8, 4) is 17.2 Å². The molecule has 0 radical (unpaired) electrons. The van der Waals surface area contributed by atoms with Gasteiger partial charge in [-0.3, -0.25) is 0 Å². The number of carbonyl (C=O) groups is 1. The average Bonchev–Trinajstić information content (AvgIpc) is 2.66. The molecule has 3 aromatic carbocycles. The van der Waals surface area contributed by atoms with Crippen molar-refractivity contribution in [2.45, 2.75) is 0 Å². The van der Waals surface area contributed by atoms with Gasteiger partial charge in [0.25, 0.3) is 0 Å². The van der Waals surface area contributed by atoms with Gasteiger partial charge in [0.05, 0.1) is 12.7 Å². The molecule has 0 saturated heterocycles. The molecule has 0 aliphatic rings. The van der Waals surface area contributed by atoms with Crippen LogP contribution in [0.4, 0.5) is 8.78 Å². The maximum atomic E-state index is 12.7. The van der Waals surface area contributed by atoms with E-state index in [2.05, 4.69) is 0 Å². The van der Waals surface area contributed by atoms with Crippen molar-refractivity contribution in [3.63, 3.8) is 0 Å². The van der Waals surface area contributed by atoms with E-state index in [1.165, 1.54) is 48.5 Å². The van der Waals surface area contributed by atoms with Crippen LogP contribution in [0.5, 0.6) is 17.2 Å². The highest BCUT2D eigenvalue weighted by atomic mass is 19.1. The Morgan fingerprint density at radius 1 is 0.769 bits per heavy atom. The molecule has 6 heteroatoms. The fraction of sp³-hybridized carbons (Fsp3) is 0.0500. The zero-order valence-electron chi connectivity index (χ0n) is 13.9. The Balaban J connectivity index is 0.000000254. The van der Waals surface area contributed by atoms with Crippen LogP contribution in [-0.2, 0) is 0 Å². The Hall–Kier alpha value is -3.41. The van der Waals surface area contributed by atoms with Crippen LogP contribution in [-0.4, -0.2) is 18.2 Å². The average molecular weight is 358 g/mol. The quantitative estimate of drug-likeness (QED) is 0.550. The van der Waals surface area contributed by atoms with E-state index in [1.54, 1.807) is 31.4 Å². The Morgan fingerprint density at radius 2 is 1.23 bits per heavy atom. The number of benzene rings is 3. The Bertz CT molecular complexity index is 808. The molecule has 3 aromatic rings. The zero-order chi connectivity index (χ0) is 18.9.